The molecule has 0 bridgehead atoms. The predicted molar refractivity (Wildman–Crippen MR) is 142 cm³/mol. The maximum Gasteiger partial charge on any atom is 0.354 e. The lowest BCUT2D eigenvalue weighted by molar-refractivity contribution is -0.150. The van der Waals surface area contributed by atoms with Gasteiger partial charge in [-0.05, 0) is 62.1 Å². The minimum Gasteiger partial charge on any atom is -0.492 e. The third kappa shape index (κ3) is 6.17. The van der Waals surface area contributed by atoms with Gasteiger partial charge in [-0.3, -0.25) is 9.36 Å². The monoisotopic (exact) mass is 546 g/mol. The topological polar surface area (TPSA) is 104 Å². The molecule has 0 saturated heterocycles. The second kappa shape index (κ2) is 11.4. The van der Waals surface area contributed by atoms with Gasteiger partial charge >= 0.3 is 17.3 Å². The Balaban J connectivity index is 1.72. The van der Waals surface area contributed by atoms with E-state index in [4.69, 9.17) is 32.7 Å². The summed E-state index contributed by atoms with van der Waals surface area (Å²) >= 11 is 12.4. The van der Waals surface area contributed by atoms with Gasteiger partial charge in [0.05, 0.1) is 30.2 Å². The molecule has 1 N–H and O–H groups in total. The molecule has 1 aliphatic carbocycles. The number of halogens is 2. The smallest absolute Gasteiger partial charge is 0.354 e. The van der Waals surface area contributed by atoms with Crippen LogP contribution >= 0.6 is 23.2 Å². The van der Waals surface area contributed by atoms with Crippen LogP contribution in [0.4, 0.5) is 11.6 Å². The number of anilines is 2. The summed E-state index contributed by atoms with van der Waals surface area (Å²) in [6, 6.07) is 12.1. The predicted octanol–water partition coefficient (Wildman–Crippen LogP) is 4.64. The van der Waals surface area contributed by atoms with Crippen molar-refractivity contribution in [2.75, 3.05) is 18.5 Å². The van der Waals surface area contributed by atoms with Crippen LogP contribution in [0.3, 0.4) is 0 Å². The fraction of sp³-hybridized carbons (Fsp3) is 0.385. The molecule has 1 fully saturated rings. The van der Waals surface area contributed by atoms with Gasteiger partial charge < -0.3 is 14.8 Å². The highest BCUT2D eigenvalue weighted by atomic mass is 35.5. The molecule has 0 aliphatic heterocycles. The van der Waals surface area contributed by atoms with Gasteiger partial charge in [0.15, 0.2) is 0 Å². The lowest BCUT2D eigenvalue weighted by atomic mass is 10.1. The average molecular weight is 547 g/mol. The van der Waals surface area contributed by atoms with E-state index in [1.807, 2.05) is 6.92 Å². The molecule has 37 heavy (non-hydrogen) atoms. The third-order valence-electron chi connectivity index (χ3n) is 6.08. The van der Waals surface area contributed by atoms with E-state index in [1.54, 1.807) is 49.4 Å². The van der Waals surface area contributed by atoms with Crippen LogP contribution in [-0.2, 0) is 22.6 Å². The second-order valence-corrected chi connectivity index (χ2v) is 9.76. The fourth-order valence-electron chi connectivity index (χ4n) is 3.88. The van der Waals surface area contributed by atoms with Gasteiger partial charge in [0.2, 0.25) is 5.95 Å². The molecule has 1 saturated carbocycles. The summed E-state index contributed by atoms with van der Waals surface area (Å²) in [5, 5.41) is 3.98. The van der Waals surface area contributed by atoms with Gasteiger partial charge in [-0.2, -0.15) is 4.98 Å². The number of benzene rings is 2. The van der Waals surface area contributed by atoms with E-state index >= 15 is 0 Å². The highest BCUT2D eigenvalue weighted by molar-refractivity contribution is 6.32. The Morgan fingerprint density at radius 2 is 1.81 bits per heavy atom. The van der Waals surface area contributed by atoms with Gasteiger partial charge in [0, 0.05) is 17.3 Å². The van der Waals surface area contributed by atoms with Crippen LogP contribution in [0, 0.1) is 5.41 Å². The molecule has 11 heteroatoms. The van der Waals surface area contributed by atoms with Crippen molar-refractivity contribution in [3.8, 4) is 5.75 Å². The maximum absolute atomic E-state index is 13.6. The molecule has 1 heterocycles. The van der Waals surface area contributed by atoms with Crippen LogP contribution in [0.2, 0.25) is 10.0 Å². The van der Waals surface area contributed by atoms with E-state index in [0.717, 1.165) is 16.6 Å². The zero-order chi connectivity index (χ0) is 26.6. The molecule has 1 aromatic heterocycles. The van der Waals surface area contributed by atoms with Crippen LogP contribution in [0.15, 0.2) is 52.1 Å². The molecular formula is C26H28Cl2N4O5. The Bertz CT molecular complexity index is 1400. The van der Waals surface area contributed by atoms with Gasteiger partial charge in [-0.15, -0.1) is 0 Å². The number of aromatic nitrogens is 3. The zero-order valence-corrected chi connectivity index (χ0v) is 22.1. The number of carbonyl (C=O) groups is 1. The van der Waals surface area contributed by atoms with E-state index in [0.29, 0.717) is 40.9 Å². The van der Waals surface area contributed by atoms with Crippen LogP contribution in [0.1, 0.15) is 38.7 Å². The van der Waals surface area contributed by atoms with Crippen molar-refractivity contribution in [1.82, 2.24) is 14.1 Å². The van der Waals surface area contributed by atoms with Gasteiger partial charge in [0.1, 0.15) is 5.75 Å². The van der Waals surface area contributed by atoms with Crippen molar-refractivity contribution in [2.24, 2.45) is 5.41 Å². The number of hydrogen-bond acceptors (Lipinski definition) is 7. The Hall–Kier alpha value is -3.30. The number of carbonyl (C=O) groups excluding carboxylic acids is 1. The first kappa shape index (κ1) is 26.8. The molecule has 0 spiro atoms. The quantitative estimate of drug-likeness (QED) is 0.349. The molecule has 2 aromatic carbocycles. The summed E-state index contributed by atoms with van der Waals surface area (Å²) in [5.74, 6) is 0.165. The van der Waals surface area contributed by atoms with E-state index < -0.39 is 22.8 Å². The van der Waals surface area contributed by atoms with Crippen LogP contribution in [0.5, 0.6) is 5.75 Å². The van der Waals surface area contributed by atoms with Crippen molar-refractivity contribution >= 4 is 40.8 Å². The lowest BCUT2D eigenvalue weighted by Crippen LogP contribution is -2.45. The lowest BCUT2D eigenvalue weighted by Gasteiger charge is -2.18. The van der Waals surface area contributed by atoms with Crippen molar-refractivity contribution in [2.45, 2.75) is 46.2 Å². The molecule has 0 radical (unpaired) electrons. The molecule has 0 amide bonds. The number of nitrogens with zero attached hydrogens (tertiary/aromatic N) is 3. The fourth-order valence-corrected chi connectivity index (χ4v) is 4.24. The Morgan fingerprint density at radius 3 is 2.43 bits per heavy atom. The summed E-state index contributed by atoms with van der Waals surface area (Å²) in [6.07, 6.45) is 1.92. The molecule has 0 unspecified atom stereocenters. The number of esters is 1. The van der Waals surface area contributed by atoms with Crippen molar-refractivity contribution in [1.29, 1.82) is 0 Å². The largest absolute Gasteiger partial charge is 0.492 e. The minimum absolute atomic E-state index is 0.0421. The Kier molecular flexibility index (Phi) is 8.24. The summed E-state index contributed by atoms with van der Waals surface area (Å²) in [7, 11) is 0. The number of hydrogen-bond donors (Lipinski definition) is 1. The van der Waals surface area contributed by atoms with Crippen molar-refractivity contribution < 1.29 is 14.3 Å². The average Bonchev–Trinajstić information content (AvgIpc) is 3.66. The van der Waals surface area contributed by atoms with Crippen LogP contribution in [0.25, 0.3) is 0 Å². The van der Waals surface area contributed by atoms with Crippen LogP contribution in [-0.4, -0.2) is 33.3 Å². The highest BCUT2D eigenvalue weighted by Gasteiger charge is 2.52. The molecule has 196 valence electrons. The molecule has 1 aliphatic rings. The summed E-state index contributed by atoms with van der Waals surface area (Å²) < 4.78 is 13.1. The van der Waals surface area contributed by atoms with Gasteiger partial charge in [0.25, 0.3) is 0 Å². The molecule has 0 atom stereocenters. The summed E-state index contributed by atoms with van der Waals surface area (Å²) in [6.45, 7) is 4.49. The maximum atomic E-state index is 13.6. The molecular weight excluding hydrogens is 519 g/mol. The Morgan fingerprint density at radius 1 is 1.08 bits per heavy atom. The van der Waals surface area contributed by atoms with E-state index in [9.17, 15) is 14.4 Å². The van der Waals surface area contributed by atoms with Crippen LogP contribution < -0.4 is 21.4 Å². The molecule has 3 aromatic rings. The van der Waals surface area contributed by atoms with Gasteiger partial charge in [-0.1, -0.05) is 42.3 Å². The van der Waals surface area contributed by atoms with Gasteiger partial charge in [-0.25, -0.2) is 14.2 Å². The van der Waals surface area contributed by atoms with E-state index in [1.165, 1.54) is 4.57 Å². The molecule has 9 nitrogen and oxygen atoms in total. The zero-order valence-electron chi connectivity index (χ0n) is 20.6. The highest BCUT2D eigenvalue weighted by Crippen LogP contribution is 2.47. The summed E-state index contributed by atoms with van der Waals surface area (Å²) in [5.41, 5.74) is -0.941. The third-order valence-corrected chi connectivity index (χ3v) is 6.62. The first-order valence-electron chi connectivity index (χ1n) is 12.1. The summed E-state index contributed by atoms with van der Waals surface area (Å²) in [4.78, 5) is 43.3. The van der Waals surface area contributed by atoms with Crippen molar-refractivity contribution in [3.63, 3.8) is 0 Å². The number of rotatable bonds is 11. The second-order valence-electron chi connectivity index (χ2n) is 8.92. The first-order chi connectivity index (χ1) is 17.8. The number of nitrogens with one attached hydrogen (secondary N) is 1. The van der Waals surface area contributed by atoms with E-state index in [-0.39, 0.29) is 25.6 Å². The molecule has 4 rings (SSSR count). The minimum atomic E-state index is -0.879. The normalized spacial score (nSPS) is 13.7. The SMILES string of the molecule is CCCOc1ccc(Nc2nc(=O)n(CC3(C(=O)OCC)CC3)c(=O)n2Cc2ccc(Cl)cc2)cc1Cl. The standard InChI is InChI=1S/C26H28Cl2N4O5/c1-3-13-37-21-10-9-19(14-20(21)28)29-23-30-24(34)32(16-26(11-12-26)22(33)36-4-2)25(35)31(23)15-17-5-7-18(27)8-6-17/h5-10,14H,3-4,11-13,15-16H2,1-2H3,(H,29,30,34). The Labute approximate surface area is 224 Å². The number of ether oxygens (including phenoxy) is 2. The first-order valence-corrected chi connectivity index (χ1v) is 12.8. The van der Waals surface area contributed by atoms with E-state index in [2.05, 4.69) is 10.3 Å². The van der Waals surface area contributed by atoms with Crippen molar-refractivity contribution in [3.05, 3.63) is 79.0 Å².